The summed E-state index contributed by atoms with van der Waals surface area (Å²) < 4.78 is 0. The van der Waals surface area contributed by atoms with E-state index in [0.717, 1.165) is 31.5 Å². The SMILES string of the molecule is CN1CCC(C(=O)c2ccc(C(=O)C(C)(C)C)cc2)CC1. The lowest BCUT2D eigenvalue weighted by Gasteiger charge is -2.28. The molecule has 1 aromatic carbocycles. The molecule has 0 bridgehead atoms. The zero-order chi connectivity index (χ0) is 15.6. The highest BCUT2D eigenvalue weighted by Crippen LogP contribution is 2.24. The Hall–Kier alpha value is -1.48. The van der Waals surface area contributed by atoms with Gasteiger partial charge in [0.05, 0.1) is 0 Å². The van der Waals surface area contributed by atoms with Crippen molar-refractivity contribution in [2.24, 2.45) is 11.3 Å². The molecule has 0 unspecified atom stereocenters. The number of nitrogens with zero attached hydrogens (tertiary/aromatic N) is 1. The summed E-state index contributed by atoms with van der Waals surface area (Å²) in [6.07, 6.45) is 1.86. The molecule has 21 heavy (non-hydrogen) atoms. The Kier molecular flexibility index (Phi) is 4.62. The van der Waals surface area contributed by atoms with Crippen LogP contribution in [0.4, 0.5) is 0 Å². The van der Waals surface area contributed by atoms with Gasteiger partial charge in [0, 0.05) is 22.5 Å². The van der Waals surface area contributed by atoms with E-state index in [2.05, 4.69) is 11.9 Å². The summed E-state index contributed by atoms with van der Waals surface area (Å²) in [6, 6.07) is 7.19. The van der Waals surface area contributed by atoms with Crippen LogP contribution < -0.4 is 0 Å². The second-order valence-electron chi connectivity index (χ2n) is 7.10. The molecule has 3 heteroatoms. The van der Waals surface area contributed by atoms with Crippen LogP contribution in [-0.4, -0.2) is 36.6 Å². The number of ketones is 2. The zero-order valence-electron chi connectivity index (χ0n) is 13.5. The maximum Gasteiger partial charge on any atom is 0.168 e. The van der Waals surface area contributed by atoms with Crippen LogP contribution in [0.15, 0.2) is 24.3 Å². The second kappa shape index (κ2) is 6.10. The predicted octanol–water partition coefficient (Wildman–Crippen LogP) is 3.44. The van der Waals surface area contributed by atoms with Crippen molar-refractivity contribution in [3.05, 3.63) is 35.4 Å². The van der Waals surface area contributed by atoms with Gasteiger partial charge in [-0.1, -0.05) is 45.0 Å². The molecule has 1 aliphatic rings. The van der Waals surface area contributed by atoms with Crippen molar-refractivity contribution in [2.75, 3.05) is 20.1 Å². The predicted molar refractivity (Wildman–Crippen MR) is 84.8 cm³/mol. The summed E-state index contributed by atoms with van der Waals surface area (Å²) >= 11 is 0. The third-order valence-corrected chi connectivity index (χ3v) is 4.20. The van der Waals surface area contributed by atoms with Crippen LogP contribution in [-0.2, 0) is 0 Å². The minimum atomic E-state index is -0.389. The molecule has 3 nitrogen and oxygen atoms in total. The van der Waals surface area contributed by atoms with E-state index in [4.69, 9.17) is 0 Å². The molecule has 0 atom stereocenters. The lowest BCUT2D eigenvalue weighted by atomic mass is 9.85. The van der Waals surface area contributed by atoms with Gasteiger partial charge in [-0.05, 0) is 33.0 Å². The van der Waals surface area contributed by atoms with Gasteiger partial charge in [0.2, 0.25) is 0 Å². The van der Waals surface area contributed by atoms with Gasteiger partial charge in [0.15, 0.2) is 11.6 Å². The lowest BCUT2D eigenvalue weighted by Crippen LogP contribution is -2.33. The Morgan fingerprint density at radius 2 is 1.48 bits per heavy atom. The second-order valence-corrected chi connectivity index (χ2v) is 7.10. The van der Waals surface area contributed by atoms with Gasteiger partial charge < -0.3 is 4.90 Å². The summed E-state index contributed by atoms with van der Waals surface area (Å²) in [5.41, 5.74) is 1.02. The molecule has 0 spiro atoms. The van der Waals surface area contributed by atoms with Crippen LogP contribution in [0.2, 0.25) is 0 Å². The van der Waals surface area contributed by atoms with Gasteiger partial charge in [-0.3, -0.25) is 9.59 Å². The van der Waals surface area contributed by atoms with E-state index in [1.54, 1.807) is 24.3 Å². The molecule has 1 saturated heterocycles. The number of benzene rings is 1. The monoisotopic (exact) mass is 287 g/mol. The molecule has 2 rings (SSSR count). The normalized spacial score (nSPS) is 17.7. The van der Waals surface area contributed by atoms with Crippen molar-refractivity contribution in [1.82, 2.24) is 4.90 Å². The third kappa shape index (κ3) is 3.79. The number of Topliss-reactive ketones (excluding diaryl/α,β-unsaturated/α-hetero) is 2. The number of hydrogen-bond acceptors (Lipinski definition) is 3. The van der Waals surface area contributed by atoms with Crippen LogP contribution in [0.5, 0.6) is 0 Å². The standard InChI is InChI=1S/C18H25NO2/c1-18(2,3)17(21)15-7-5-13(6-8-15)16(20)14-9-11-19(4)12-10-14/h5-8,14H,9-12H2,1-4H3. The maximum atomic E-state index is 12.5. The van der Waals surface area contributed by atoms with E-state index < -0.39 is 0 Å². The highest BCUT2D eigenvalue weighted by Gasteiger charge is 2.26. The molecule has 0 saturated carbocycles. The van der Waals surface area contributed by atoms with E-state index in [-0.39, 0.29) is 22.9 Å². The van der Waals surface area contributed by atoms with Gasteiger partial charge in [0.25, 0.3) is 0 Å². The van der Waals surface area contributed by atoms with Crippen molar-refractivity contribution in [3.8, 4) is 0 Å². The quantitative estimate of drug-likeness (QED) is 0.799. The molecule has 1 fully saturated rings. The summed E-state index contributed by atoms with van der Waals surface area (Å²) in [4.78, 5) is 26.9. The average Bonchev–Trinajstić information content (AvgIpc) is 2.46. The smallest absolute Gasteiger partial charge is 0.168 e. The van der Waals surface area contributed by atoms with E-state index >= 15 is 0 Å². The summed E-state index contributed by atoms with van der Waals surface area (Å²) in [7, 11) is 2.09. The molecule has 1 aromatic rings. The fourth-order valence-corrected chi connectivity index (χ4v) is 2.73. The number of piperidine rings is 1. The minimum Gasteiger partial charge on any atom is -0.306 e. The molecule has 0 aromatic heterocycles. The Balaban J connectivity index is 2.08. The Morgan fingerprint density at radius 1 is 1.00 bits per heavy atom. The lowest BCUT2D eigenvalue weighted by molar-refractivity contribution is 0.0847. The number of hydrogen-bond donors (Lipinski definition) is 0. The average molecular weight is 287 g/mol. The Bertz CT molecular complexity index is 517. The molecular weight excluding hydrogens is 262 g/mol. The summed E-state index contributed by atoms with van der Waals surface area (Å²) in [5.74, 6) is 0.462. The number of carbonyl (C=O) groups is 2. The maximum absolute atomic E-state index is 12.5. The first-order valence-corrected chi connectivity index (χ1v) is 7.66. The molecule has 0 radical (unpaired) electrons. The number of likely N-dealkylation sites (tertiary alicyclic amines) is 1. The van der Waals surface area contributed by atoms with Crippen molar-refractivity contribution in [3.63, 3.8) is 0 Å². The van der Waals surface area contributed by atoms with E-state index in [9.17, 15) is 9.59 Å². The fourth-order valence-electron chi connectivity index (χ4n) is 2.73. The molecule has 1 heterocycles. The first-order chi connectivity index (χ1) is 9.79. The highest BCUT2D eigenvalue weighted by molar-refractivity contribution is 6.02. The summed E-state index contributed by atoms with van der Waals surface area (Å²) in [6.45, 7) is 7.70. The molecular formula is C18H25NO2. The van der Waals surface area contributed by atoms with Crippen molar-refractivity contribution >= 4 is 11.6 Å². The van der Waals surface area contributed by atoms with Crippen LogP contribution >= 0.6 is 0 Å². The molecule has 0 aliphatic carbocycles. The van der Waals surface area contributed by atoms with Crippen molar-refractivity contribution in [1.29, 1.82) is 0 Å². The largest absolute Gasteiger partial charge is 0.306 e. The topological polar surface area (TPSA) is 37.4 Å². The van der Waals surface area contributed by atoms with Gasteiger partial charge >= 0.3 is 0 Å². The van der Waals surface area contributed by atoms with Crippen LogP contribution in [0, 0.1) is 11.3 Å². The van der Waals surface area contributed by atoms with Gasteiger partial charge in [0.1, 0.15) is 0 Å². The van der Waals surface area contributed by atoms with Crippen LogP contribution in [0.1, 0.15) is 54.3 Å². The third-order valence-electron chi connectivity index (χ3n) is 4.20. The fraction of sp³-hybridized carbons (Fsp3) is 0.556. The molecule has 114 valence electrons. The van der Waals surface area contributed by atoms with E-state index in [1.807, 2.05) is 20.8 Å². The van der Waals surface area contributed by atoms with Crippen molar-refractivity contribution < 1.29 is 9.59 Å². The first-order valence-electron chi connectivity index (χ1n) is 7.66. The number of carbonyl (C=O) groups excluding carboxylic acids is 2. The first kappa shape index (κ1) is 15.9. The van der Waals surface area contributed by atoms with Crippen molar-refractivity contribution in [2.45, 2.75) is 33.6 Å². The summed E-state index contributed by atoms with van der Waals surface area (Å²) in [5, 5.41) is 0. The zero-order valence-corrected chi connectivity index (χ0v) is 13.5. The minimum absolute atomic E-state index is 0.112. The van der Waals surface area contributed by atoms with E-state index in [1.165, 1.54) is 0 Å². The molecule has 0 N–H and O–H groups in total. The Morgan fingerprint density at radius 3 is 1.95 bits per heavy atom. The van der Waals surface area contributed by atoms with Gasteiger partial charge in [-0.25, -0.2) is 0 Å². The highest BCUT2D eigenvalue weighted by atomic mass is 16.1. The number of rotatable bonds is 3. The molecule has 0 amide bonds. The Labute approximate surface area is 127 Å². The molecule has 1 aliphatic heterocycles. The van der Waals surface area contributed by atoms with Crippen LogP contribution in [0.25, 0.3) is 0 Å². The van der Waals surface area contributed by atoms with Gasteiger partial charge in [-0.2, -0.15) is 0 Å². The van der Waals surface area contributed by atoms with Gasteiger partial charge in [-0.15, -0.1) is 0 Å². The van der Waals surface area contributed by atoms with E-state index in [0.29, 0.717) is 5.56 Å². The van der Waals surface area contributed by atoms with Crippen LogP contribution in [0.3, 0.4) is 0 Å².